The van der Waals surface area contributed by atoms with E-state index in [1.54, 1.807) is 17.7 Å². The average Bonchev–Trinajstić information content (AvgIpc) is 3.02. The molecule has 6 nitrogen and oxygen atoms in total. The van der Waals surface area contributed by atoms with Crippen LogP contribution in [0.5, 0.6) is 0 Å². The fourth-order valence-corrected chi connectivity index (χ4v) is 3.21. The normalized spacial score (nSPS) is 19.5. The Morgan fingerprint density at radius 3 is 3.00 bits per heavy atom. The fraction of sp³-hybridized carbons (Fsp3) is 0.545. The van der Waals surface area contributed by atoms with Gasteiger partial charge in [-0.3, -0.25) is 4.90 Å². The Labute approximate surface area is 122 Å². The molecule has 0 saturated carbocycles. The molecule has 2 aromatic heterocycles. The Kier molecular flexibility index (Phi) is 4.38. The molecule has 0 bridgehead atoms. The van der Waals surface area contributed by atoms with Gasteiger partial charge in [0.25, 0.3) is 0 Å². The van der Waals surface area contributed by atoms with Crippen molar-refractivity contribution < 1.29 is 0 Å². The topological polar surface area (TPSA) is 72.9 Å². The minimum absolute atomic E-state index is 0. The van der Waals surface area contributed by atoms with Crippen LogP contribution in [0.4, 0.5) is 5.13 Å². The van der Waals surface area contributed by atoms with E-state index in [1.807, 2.05) is 17.8 Å². The second-order valence-corrected chi connectivity index (χ2v) is 5.74. The van der Waals surface area contributed by atoms with Crippen LogP contribution in [0.2, 0.25) is 0 Å². The van der Waals surface area contributed by atoms with E-state index in [2.05, 4.69) is 20.1 Å². The number of nitrogens with two attached hydrogens (primary N) is 1. The van der Waals surface area contributed by atoms with Gasteiger partial charge in [-0.2, -0.15) is 0 Å². The molecule has 0 aliphatic carbocycles. The zero-order valence-electron chi connectivity index (χ0n) is 10.7. The highest BCUT2D eigenvalue weighted by atomic mass is 35.5. The van der Waals surface area contributed by atoms with Gasteiger partial charge in [-0.15, -0.1) is 33.9 Å². The third-order valence-corrected chi connectivity index (χ3v) is 4.15. The van der Waals surface area contributed by atoms with Gasteiger partial charge in [-0.25, -0.2) is 4.98 Å². The van der Waals surface area contributed by atoms with Crippen molar-refractivity contribution in [2.75, 3.05) is 12.3 Å². The SMILES string of the molecule is Cl.Cn1cnnc1C1CCCN1Cc1cnc(N)s1. The standard InChI is InChI=1S/C11H16N6S.ClH/c1-16-7-14-15-10(16)9-3-2-4-17(9)6-8-5-13-11(12)18-8;/h5,7,9H,2-4,6H2,1H3,(H2,12,13);1H. The number of nitrogen functional groups attached to an aromatic ring is 1. The van der Waals surface area contributed by atoms with Crippen LogP contribution in [0.15, 0.2) is 12.5 Å². The highest BCUT2D eigenvalue weighted by Crippen LogP contribution is 2.32. The summed E-state index contributed by atoms with van der Waals surface area (Å²) < 4.78 is 2.00. The molecular formula is C11H17ClN6S. The Balaban J connectivity index is 0.00000133. The van der Waals surface area contributed by atoms with Gasteiger partial charge in [0.2, 0.25) is 0 Å². The second kappa shape index (κ2) is 5.85. The summed E-state index contributed by atoms with van der Waals surface area (Å²) in [5.74, 6) is 1.05. The molecule has 1 aliphatic heterocycles. The highest BCUT2D eigenvalue weighted by molar-refractivity contribution is 7.15. The Bertz CT molecular complexity index is 539. The average molecular weight is 301 g/mol. The van der Waals surface area contributed by atoms with Crippen LogP contribution in [0, 0.1) is 0 Å². The lowest BCUT2D eigenvalue weighted by Gasteiger charge is -2.22. The largest absolute Gasteiger partial charge is 0.375 e. The molecule has 3 rings (SSSR count). The number of anilines is 1. The van der Waals surface area contributed by atoms with Crippen molar-refractivity contribution in [3.8, 4) is 0 Å². The molecule has 1 saturated heterocycles. The maximum atomic E-state index is 5.67. The van der Waals surface area contributed by atoms with Crippen LogP contribution in [0.1, 0.15) is 29.6 Å². The lowest BCUT2D eigenvalue weighted by molar-refractivity contribution is 0.238. The van der Waals surface area contributed by atoms with Crippen molar-refractivity contribution in [1.82, 2.24) is 24.6 Å². The molecule has 0 amide bonds. The summed E-state index contributed by atoms with van der Waals surface area (Å²) in [6.07, 6.45) is 5.97. The third-order valence-electron chi connectivity index (χ3n) is 3.34. The lowest BCUT2D eigenvalue weighted by atomic mass is 10.2. The molecule has 8 heteroatoms. The molecule has 2 N–H and O–H groups in total. The van der Waals surface area contributed by atoms with E-state index in [1.165, 1.54) is 11.3 Å². The van der Waals surface area contributed by atoms with Gasteiger partial charge >= 0.3 is 0 Å². The zero-order valence-corrected chi connectivity index (χ0v) is 12.3. The van der Waals surface area contributed by atoms with Gasteiger partial charge in [0.1, 0.15) is 12.2 Å². The van der Waals surface area contributed by atoms with E-state index < -0.39 is 0 Å². The Morgan fingerprint density at radius 2 is 2.37 bits per heavy atom. The van der Waals surface area contributed by atoms with Crippen LogP contribution in [0.25, 0.3) is 0 Å². The monoisotopic (exact) mass is 300 g/mol. The summed E-state index contributed by atoms with van der Waals surface area (Å²) in [6.45, 7) is 1.99. The number of aromatic nitrogens is 4. The van der Waals surface area contributed by atoms with Gasteiger partial charge in [-0.1, -0.05) is 0 Å². The Hall–Kier alpha value is -1.18. The van der Waals surface area contributed by atoms with Crippen LogP contribution in [-0.2, 0) is 13.6 Å². The molecule has 104 valence electrons. The summed E-state index contributed by atoms with van der Waals surface area (Å²) in [5.41, 5.74) is 5.67. The summed E-state index contributed by atoms with van der Waals surface area (Å²) in [7, 11) is 2.00. The van der Waals surface area contributed by atoms with Crippen molar-refractivity contribution in [2.45, 2.75) is 25.4 Å². The predicted octanol–water partition coefficient (Wildman–Crippen LogP) is 1.61. The minimum Gasteiger partial charge on any atom is -0.375 e. The van der Waals surface area contributed by atoms with E-state index in [0.717, 1.165) is 25.3 Å². The van der Waals surface area contributed by atoms with Crippen LogP contribution < -0.4 is 5.73 Å². The van der Waals surface area contributed by atoms with Gasteiger partial charge in [-0.05, 0) is 19.4 Å². The minimum atomic E-state index is 0. The number of halogens is 1. The number of rotatable bonds is 3. The molecule has 1 unspecified atom stereocenters. The number of likely N-dealkylation sites (tertiary alicyclic amines) is 1. The van der Waals surface area contributed by atoms with Crippen molar-refractivity contribution in [1.29, 1.82) is 0 Å². The van der Waals surface area contributed by atoms with E-state index in [-0.39, 0.29) is 12.4 Å². The molecule has 1 atom stereocenters. The van der Waals surface area contributed by atoms with Crippen LogP contribution in [-0.4, -0.2) is 31.2 Å². The molecule has 2 aromatic rings. The molecule has 0 radical (unpaired) electrons. The van der Waals surface area contributed by atoms with Crippen molar-refractivity contribution in [3.63, 3.8) is 0 Å². The Morgan fingerprint density at radius 1 is 1.53 bits per heavy atom. The smallest absolute Gasteiger partial charge is 0.180 e. The quantitative estimate of drug-likeness (QED) is 0.932. The molecule has 0 aromatic carbocycles. The molecule has 1 fully saturated rings. The number of aryl methyl sites for hydroxylation is 1. The first kappa shape index (κ1) is 14.2. The second-order valence-electron chi connectivity index (χ2n) is 4.59. The number of thiazole rings is 1. The first-order chi connectivity index (χ1) is 8.74. The molecule has 19 heavy (non-hydrogen) atoms. The van der Waals surface area contributed by atoms with Gasteiger partial charge in [0.15, 0.2) is 5.13 Å². The van der Waals surface area contributed by atoms with Crippen molar-refractivity contribution in [2.24, 2.45) is 7.05 Å². The van der Waals surface area contributed by atoms with Crippen LogP contribution in [0.3, 0.4) is 0 Å². The first-order valence-corrected chi connectivity index (χ1v) is 6.84. The molecule has 0 spiro atoms. The maximum Gasteiger partial charge on any atom is 0.180 e. The van der Waals surface area contributed by atoms with Crippen molar-refractivity contribution >= 4 is 28.9 Å². The van der Waals surface area contributed by atoms with E-state index in [9.17, 15) is 0 Å². The predicted molar refractivity (Wildman–Crippen MR) is 77.2 cm³/mol. The fourth-order valence-electron chi connectivity index (χ4n) is 2.50. The zero-order chi connectivity index (χ0) is 12.5. The molecule has 3 heterocycles. The maximum absolute atomic E-state index is 5.67. The lowest BCUT2D eigenvalue weighted by Crippen LogP contribution is -2.24. The van der Waals surface area contributed by atoms with E-state index in [0.29, 0.717) is 11.2 Å². The summed E-state index contributed by atoms with van der Waals surface area (Å²) in [6, 6.07) is 0.362. The highest BCUT2D eigenvalue weighted by Gasteiger charge is 2.29. The van der Waals surface area contributed by atoms with Crippen molar-refractivity contribution in [3.05, 3.63) is 23.2 Å². The van der Waals surface area contributed by atoms with E-state index in [4.69, 9.17) is 5.73 Å². The van der Waals surface area contributed by atoms with Crippen LogP contribution >= 0.6 is 23.7 Å². The van der Waals surface area contributed by atoms with Gasteiger partial charge < -0.3 is 10.3 Å². The first-order valence-electron chi connectivity index (χ1n) is 6.02. The van der Waals surface area contributed by atoms with E-state index >= 15 is 0 Å². The number of hydrogen-bond acceptors (Lipinski definition) is 6. The number of nitrogens with zero attached hydrogens (tertiary/aromatic N) is 5. The van der Waals surface area contributed by atoms with Gasteiger partial charge in [0.05, 0.1) is 6.04 Å². The number of hydrogen-bond donors (Lipinski definition) is 1. The third kappa shape index (κ3) is 2.88. The molecular weight excluding hydrogens is 284 g/mol. The molecule has 1 aliphatic rings. The summed E-state index contributed by atoms with van der Waals surface area (Å²) >= 11 is 1.56. The van der Waals surface area contributed by atoms with Gasteiger partial charge in [0, 0.05) is 24.7 Å². The summed E-state index contributed by atoms with van der Waals surface area (Å²) in [4.78, 5) is 7.74. The summed E-state index contributed by atoms with van der Waals surface area (Å²) in [5, 5.41) is 8.84.